The maximum absolute atomic E-state index is 13.1. The number of amides is 1. The molecule has 0 spiro atoms. The summed E-state index contributed by atoms with van der Waals surface area (Å²) in [4.78, 5) is 24.8. The van der Waals surface area contributed by atoms with Crippen molar-refractivity contribution in [1.82, 2.24) is 19.4 Å². The van der Waals surface area contributed by atoms with Gasteiger partial charge in [-0.15, -0.1) is 0 Å². The highest BCUT2D eigenvalue weighted by Crippen LogP contribution is 2.18. The van der Waals surface area contributed by atoms with Crippen molar-refractivity contribution in [3.8, 4) is 11.3 Å². The summed E-state index contributed by atoms with van der Waals surface area (Å²) in [5.41, 5.74) is 1.25. The lowest BCUT2D eigenvalue weighted by atomic mass is 10.1. The van der Waals surface area contributed by atoms with Gasteiger partial charge in [-0.05, 0) is 54.6 Å². The molecule has 0 radical (unpaired) electrons. The van der Waals surface area contributed by atoms with Crippen LogP contribution in [-0.2, 0) is 11.3 Å². The highest BCUT2D eigenvalue weighted by atomic mass is 19.1. The van der Waals surface area contributed by atoms with Crippen LogP contribution in [0.3, 0.4) is 0 Å². The number of carbonyl (C=O) groups excluding carboxylic acids is 1. The molecule has 0 saturated carbocycles. The number of fused-ring (bicyclic) bond motifs is 1. The van der Waals surface area contributed by atoms with Crippen molar-refractivity contribution < 1.29 is 13.6 Å². The van der Waals surface area contributed by atoms with E-state index in [1.807, 2.05) is 0 Å². The van der Waals surface area contributed by atoms with Gasteiger partial charge in [-0.25, -0.2) is 18.0 Å². The van der Waals surface area contributed by atoms with Gasteiger partial charge in [0.2, 0.25) is 5.91 Å². The molecule has 0 fully saturated rings. The second-order valence-electron chi connectivity index (χ2n) is 6.02. The highest BCUT2D eigenvalue weighted by Gasteiger charge is 2.12. The smallest absolute Gasteiger partial charge is 0.293 e. The average molecular weight is 381 g/mol. The van der Waals surface area contributed by atoms with Gasteiger partial charge in [0.05, 0.1) is 5.69 Å². The molecule has 0 aliphatic rings. The molecule has 1 N–H and O–H groups in total. The zero-order valence-electron chi connectivity index (χ0n) is 14.3. The Balaban J connectivity index is 1.59. The average Bonchev–Trinajstić information content (AvgIpc) is 3.12. The van der Waals surface area contributed by atoms with Crippen molar-refractivity contribution in [3.05, 3.63) is 82.9 Å². The van der Waals surface area contributed by atoms with Crippen LogP contribution in [0.2, 0.25) is 0 Å². The number of aromatic nitrogens is 4. The molecule has 4 rings (SSSR count). The Labute approximate surface area is 156 Å². The van der Waals surface area contributed by atoms with E-state index in [0.29, 0.717) is 16.9 Å². The van der Waals surface area contributed by atoms with Crippen molar-refractivity contribution in [2.75, 3.05) is 5.32 Å². The Morgan fingerprint density at radius 1 is 1.00 bits per heavy atom. The maximum atomic E-state index is 13.1. The van der Waals surface area contributed by atoms with Gasteiger partial charge < -0.3 is 5.32 Å². The van der Waals surface area contributed by atoms with Crippen LogP contribution < -0.4 is 10.9 Å². The molecule has 2 heterocycles. The van der Waals surface area contributed by atoms with Gasteiger partial charge in [0.15, 0.2) is 0 Å². The quantitative estimate of drug-likeness (QED) is 0.589. The standard InChI is InChI=1S/C19H13F2N5O2/c20-13-3-1-12(2-4-13)16-9-17-19(28)25(22-11-26(17)24-16)10-18(27)23-15-7-5-14(21)6-8-15/h1-9,11H,10H2,(H,23,27). The summed E-state index contributed by atoms with van der Waals surface area (Å²) in [5.74, 6) is -1.27. The number of hydrogen-bond donors (Lipinski definition) is 1. The SMILES string of the molecule is O=C(Cn1ncn2nc(-c3ccc(F)cc3)cc2c1=O)Nc1ccc(F)cc1. The van der Waals surface area contributed by atoms with E-state index in [-0.39, 0.29) is 17.9 Å². The molecule has 2 aromatic heterocycles. The molecule has 1 amide bonds. The van der Waals surface area contributed by atoms with Gasteiger partial charge >= 0.3 is 0 Å². The number of benzene rings is 2. The zero-order valence-corrected chi connectivity index (χ0v) is 14.3. The zero-order chi connectivity index (χ0) is 19.7. The minimum Gasteiger partial charge on any atom is -0.324 e. The number of rotatable bonds is 4. The predicted octanol–water partition coefficient (Wildman–Crippen LogP) is 2.47. The van der Waals surface area contributed by atoms with Crippen LogP contribution in [0.25, 0.3) is 16.8 Å². The topological polar surface area (TPSA) is 81.3 Å². The van der Waals surface area contributed by atoms with Gasteiger partial charge in [-0.1, -0.05) is 0 Å². The molecular formula is C19H13F2N5O2. The van der Waals surface area contributed by atoms with E-state index >= 15 is 0 Å². The fourth-order valence-electron chi connectivity index (χ4n) is 2.68. The first-order valence-corrected chi connectivity index (χ1v) is 8.26. The van der Waals surface area contributed by atoms with E-state index < -0.39 is 17.3 Å². The molecule has 4 aromatic rings. The number of anilines is 1. The lowest BCUT2D eigenvalue weighted by Gasteiger charge is -2.06. The van der Waals surface area contributed by atoms with E-state index in [9.17, 15) is 18.4 Å². The van der Waals surface area contributed by atoms with Gasteiger partial charge in [0.25, 0.3) is 5.56 Å². The van der Waals surface area contributed by atoms with Crippen LogP contribution in [0.1, 0.15) is 0 Å². The van der Waals surface area contributed by atoms with E-state index in [0.717, 1.165) is 4.68 Å². The Bertz CT molecular complexity index is 1210. The maximum Gasteiger partial charge on any atom is 0.293 e. The molecule has 0 bridgehead atoms. The fourth-order valence-corrected chi connectivity index (χ4v) is 2.68. The van der Waals surface area contributed by atoms with Crippen molar-refractivity contribution >= 4 is 17.1 Å². The van der Waals surface area contributed by atoms with E-state index in [1.54, 1.807) is 18.2 Å². The minimum absolute atomic E-state index is 0.226. The van der Waals surface area contributed by atoms with Crippen LogP contribution in [0, 0.1) is 11.6 Å². The second kappa shape index (κ2) is 7.03. The van der Waals surface area contributed by atoms with Gasteiger partial charge in [-0.2, -0.15) is 10.2 Å². The minimum atomic E-state index is -0.502. The molecule has 0 aliphatic carbocycles. The molecule has 0 aliphatic heterocycles. The largest absolute Gasteiger partial charge is 0.324 e. The van der Waals surface area contributed by atoms with Crippen LogP contribution in [-0.4, -0.2) is 25.3 Å². The summed E-state index contributed by atoms with van der Waals surface area (Å²) in [6, 6.07) is 12.5. The molecule has 0 unspecified atom stereocenters. The first-order valence-electron chi connectivity index (χ1n) is 8.26. The Morgan fingerprint density at radius 3 is 2.32 bits per heavy atom. The van der Waals surface area contributed by atoms with Gasteiger partial charge in [0.1, 0.15) is 30.0 Å². The molecule has 0 saturated heterocycles. The summed E-state index contributed by atoms with van der Waals surface area (Å²) >= 11 is 0. The highest BCUT2D eigenvalue weighted by molar-refractivity contribution is 5.90. The van der Waals surface area contributed by atoms with Crippen LogP contribution >= 0.6 is 0 Å². The third-order valence-electron chi connectivity index (χ3n) is 4.05. The summed E-state index contributed by atoms with van der Waals surface area (Å²) in [7, 11) is 0. The monoisotopic (exact) mass is 381 g/mol. The third kappa shape index (κ3) is 3.50. The summed E-state index contributed by atoms with van der Waals surface area (Å²) in [6.45, 7) is -0.316. The summed E-state index contributed by atoms with van der Waals surface area (Å²) < 4.78 is 28.3. The van der Waals surface area contributed by atoms with E-state index in [1.165, 1.54) is 47.2 Å². The summed E-state index contributed by atoms with van der Waals surface area (Å²) in [6.07, 6.45) is 1.31. The number of nitrogens with zero attached hydrogens (tertiary/aromatic N) is 4. The number of halogens is 2. The number of hydrogen-bond acceptors (Lipinski definition) is 4. The van der Waals surface area contributed by atoms with Crippen molar-refractivity contribution in [2.45, 2.75) is 6.54 Å². The Hall–Kier alpha value is -3.88. The van der Waals surface area contributed by atoms with Gasteiger partial charge in [-0.3, -0.25) is 9.59 Å². The lowest BCUT2D eigenvalue weighted by Crippen LogP contribution is -2.30. The van der Waals surface area contributed by atoms with Crippen molar-refractivity contribution in [2.24, 2.45) is 0 Å². The number of nitrogens with one attached hydrogen (secondary N) is 1. The molecule has 2 aromatic carbocycles. The van der Waals surface area contributed by atoms with Crippen molar-refractivity contribution in [3.63, 3.8) is 0 Å². The van der Waals surface area contributed by atoms with Crippen LogP contribution in [0.4, 0.5) is 14.5 Å². The van der Waals surface area contributed by atoms with Crippen LogP contribution in [0.15, 0.2) is 65.7 Å². The molecule has 140 valence electrons. The normalized spacial score (nSPS) is 10.9. The molecular weight excluding hydrogens is 368 g/mol. The van der Waals surface area contributed by atoms with Crippen molar-refractivity contribution in [1.29, 1.82) is 0 Å². The number of carbonyl (C=O) groups is 1. The molecule has 0 atom stereocenters. The van der Waals surface area contributed by atoms with Gasteiger partial charge in [0, 0.05) is 11.3 Å². The Morgan fingerprint density at radius 2 is 1.64 bits per heavy atom. The predicted molar refractivity (Wildman–Crippen MR) is 97.7 cm³/mol. The molecule has 9 heteroatoms. The fraction of sp³-hybridized carbons (Fsp3) is 0.0526. The molecule has 28 heavy (non-hydrogen) atoms. The molecule has 7 nitrogen and oxygen atoms in total. The first-order chi connectivity index (χ1) is 13.5. The lowest BCUT2D eigenvalue weighted by molar-refractivity contribution is -0.117. The van der Waals surface area contributed by atoms with Crippen LogP contribution in [0.5, 0.6) is 0 Å². The summed E-state index contributed by atoms with van der Waals surface area (Å²) in [5, 5.41) is 10.8. The van der Waals surface area contributed by atoms with E-state index in [2.05, 4.69) is 15.5 Å². The second-order valence-corrected chi connectivity index (χ2v) is 6.02. The first kappa shape index (κ1) is 17.5. The van der Waals surface area contributed by atoms with E-state index in [4.69, 9.17) is 0 Å². The Kier molecular flexibility index (Phi) is 4.40. The third-order valence-corrected chi connectivity index (χ3v) is 4.05.